The van der Waals surface area contributed by atoms with Gasteiger partial charge >= 0.3 is 0 Å². The van der Waals surface area contributed by atoms with Crippen LogP contribution in [0.3, 0.4) is 0 Å². The number of nitrogens with zero attached hydrogens (tertiary/aromatic N) is 1. The first-order chi connectivity index (χ1) is 11.7. The number of hydrogen-bond acceptors (Lipinski definition) is 3. The highest BCUT2D eigenvalue weighted by atomic mass is 16.5. The topological polar surface area (TPSA) is 55.6 Å². The second-order valence-corrected chi connectivity index (χ2v) is 6.81. The maximum Gasteiger partial charge on any atom is 0.253 e. The van der Waals surface area contributed by atoms with Gasteiger partial charge in [-0.3, -0.25) is 4.79 Å². The second-order valence-electron chi connectivity index (χ2n) is 6.81. The predicted octanol–water partition coefficient (Wildman–Crippen LogP) is 3.29. The number of nitrogens with two attached hydrogens (primary N) is 1. The lowest BCUT2D eigenvalue weighted by molar-refractivity contribution is 0.0779. The van der Waals surface area contributed by atoms with Crippen LogP contribution in [0.5, 0.6) is 11.5 Å². The molecule has 1 heterocycles. The molecule has 124 valence electrons. The molecule has 1 amide bonds. The highest BCUT2D eigenvalue weighted by Crippen LogP contribution is 2.37. The number of amides is 1. The smallest absolute Gasteiger partial charge is 0.253 e. The van der Waals surface area contributed by atoms with Crippen LogP contribution >= 0.6 is 0 Å². The highest BCUT2D eigenvalue weighted by Gasteiger charge is 2.42. The van der Waals surface area contributed by atoms with Crippen LogP contribution in [0.1, 0.15) is 23.2 Å². The third-order valence-corrected chi connectivity index (χ3v) is 5.28. The van der Waals surface area contributed by atoms with Gasteiger partial charge in [-0.1, -0.05) is 18.2 Å². The van der Waals surface area contributed by atoms with Crippen molar-refractivity contribution in [3.63, 3.8) is 0 Å². The number of likely N-dealkylation sites (tertiary alicyclic amines) is 1. The van der Waals surface area contributed by atoms with Crippen LogP contribution in [-0.4, -0.2) is 29.9 Å². The molecule has 2 aromatic rings. The Morgan fingerprint density at radius 3 is 2.38 bits per heavy atom. The maximum absolute atomic E-state index is 12.7. The fraction of sp³-hybridized carbons (Fsp3) is 0.350. The lowest BCUT2D eigenvalue weighted by atomic mass is 9.98. The number of benzene rings is 2. The zero-order valence-corrected chi connectivity index (χ0v) is 13.6. The molecule has 2 fully saturated rings. The van der Waals surface area contributed by atoms with Crippen molar-refractivity contribution in [2.24, 2.45) is 17.6 Å². The molecule has 0 aromatic heterocycles. The summed E-state index contributed by atoms with van der Waals surface area (Å²) in [6.07, 6.45) is 2.25. The van der Waals surface area contributed by atoms with Gasteiger partial charge in [-0.25, -0.2) is 0 Å². The Balaban J connectivity index is 1.42. The Hall–Kier alpha value is -2.33. The van der Waals surface area contributed by atoms with Crippen molar-refractivity contribution in [2.75, 3.05) is 13.1 Å². The summed E-state index contributed by atoms with van der Waals surface area (Å²) in [7, 11) is 0. The summed E-state index contributed by atoms with van der Waals surface area (Å²) in [6.45, 7) is 1.65. The van der Waals surface area contributed by atoms with Gasteiger partial charge in [-0.2, -0.15) is 0 Å². The molecule has 24 heavy (non-hydrogen) atoms. The van der Waals surface area contributed by atoms with Crippen LogP contribution in [0.25, 0.3) is 0 Å². The number of carbonyl (C=O) groups excluding carboxylic acids is 1. The first kappa shape index (κ1) is 15.2. The van der Waals surface area contributed by atoms with E-state index in [1.165, 1.54) is 0 Å². The van der Waals surface area contributed by atoms with E-state index in [-0.39, 0.29) is 11.9 Å². The van der Waals surface area contributed by atoms with Crippen LogP contribution in [0.2, 0.25) is 0 Å². The Morgan fingerprint density at radius 2 is 1.67 bits per heavy atom. The number of fused-ring (bicyclic) bond motifs is 1. The molecule has 4 nitrogen and oxygen atoms in total. The van der Waals surface area contributed by atoms with E-state index in [2.05, 4.69) is 0 Å². The van der Waals surface area contributed by atoms with Crippen LogP contribution in [0.15, 0.2) is 54.6 Å². The largest absolute Gasteiger partial charge is 0.457 e. The van der Waals surface area contributed by atoms with Crippen LogP contribution in [0.4, 0.5) is 0 Å². The molecule has 1 aliphatic carbocycles. The van der Waals surface area contributed by atoms with Gasteiger partial charge in [0.1, 0.15) is 11.5 Å². The molecule has 2 aromatic carbocycles. The van der Waals surface area contributed by atoms with E-state index in [4.69, 9.17) is 10.5 Å². The molecule has 2 aliphatic rings. The van der Waals surface area contributed by atoms with Gasteiger partial charge in [-0.15, -0.1) is 0 Å². The van der Waals surface area contributed by atoms with Crippen LogP contribution < -0.4 is 10.5 Å². The van der Waals surface area contributed by atoms with Gasteiger partial charge < -0.3 is 15.4 Å². The molecule has 1 saturated carbocycles. The number of para-hydroxylation sites is 1. The van der Waals surface area contributed by atoms with E-state index in [1.807, 2.05) is 59.5 Å². The van der Waals surface area contributed by atoms with E-state index in [9.17, 15) is 4.79 Å². The Labute approximate surface area is 142 Å². The number of hydrogen-bond donors (Lipinski definition) is 1. The number of carbonyl (C=O) groups is 1. The zero-order valence-electron chi connectivity index (χ0n) is 13.6. The first-order valence-electron chi connectivity index (χ1n) is 8.58. The molecule has 1 aliphatic heterocycles. The highest BCUT2D eigenvalue weighted by molar-refractivity contribution is 5.94. The van der Waals surface area contributed by atoms with Crippen molar-refractivity contribution < 1.29 is 9.53 Å². The van der Waals surface area contributed by atoms with Crippen molar-refractivity contribution in [1.29, 1.82) is 0 Å². The minimum Gasteiger partial charge on any atom is -0.457 e. The molecule has 3 atom stereocenters. The summed E-state index contributed by atoms with van der Waals surface area (Å²) in [5.74, 6) is 2.69. The van der Waals surface area contributed by atoms with Gasteiger partial charge in [0.2, 0.25) is 0 Å². The molecule has 0 spiro atoms. The van der Waals surface area contributed by atoms with E-state index >= 15 is 0 Å². The average Bonchev–Trinajstić information content (AvgIpc) is 3.18. The lowest BCUT2D eigenvalue weighted by Crippen LogP contribution is -2.33. The third-order valence-electron chi connectivity index (χ3n) is 5.28. The summed E-state index contributed by atoms with van der Waals surface area (Å²) >= 11 is 0. The van der Waals surface area contributed by atoms with E-state index in [1.54, 1.807) is 0 Å². The van der Waals surface area contributed by atoms with E-state index in [0.717, 1.165) is 37.4 Å². The van der Waals surface area contributed by atoms with Gasteiger partial charge in [0.25, 0.3) is 5.91 Å². The lowest BCUT2D eigenvalue weighted by Gasteiger charge is -2.19. The molecule has 1 saturated heterocycles. The Kier molecular flexibility index (Phi) is 3.98. The van der Waals surface area contributed by atoms with Gasteiger partial charge in [0.05, 0.1) is 0 Å². The van der Waals surface area contributed by atoms with Gasteiger partial charge in [0.15, 0.2) is 0 Å². The van der Waals surface area contributed by atoms with Crippen molar-refractivity contribution in [2.45, 2.75) is 18.9 Å². The summed E-state index contributed by atoms with van der Waals surface area (Å²) in [6, 6.07) is 17.3. The molecule has 2 N–H and O–H groups in total. The second kappa shape index (κ2) is 6.29. The zero-order chi connectivity index (χ0) is 16.5. The number of rotatable bonds is 3. The fourth-order valence-corrected chi connectivity index (χ4v) is 3.95. The molecular weight excluding hydrogens is 300 g/mol. The quantitative estimate of drug-likeness (QED) is 0.943. The maximum atomic E-state index is 12.7. The number of ether oxygens (including phenoxy) is 1. The normalized spacial score (nSPS) is 25.5. The van der Waals surface area contributed by atoms with Crippen LogP contribution in [-0.2, 0) is 0 Å². The van der Waals surface area contributed by atoms with Crippen molar-refractivity contribution in [3.8, 4) is 11.5 Å². The summed E-state index contributed by atoms with van der Waals surface area (Å²) < 4.78 is 5.77. The summed E-state index contributed by atoms with van der Waals surface area (Å²) in [5.41, 5.74) is 6.87. The molecule has 0 bridgehead atoms. The Bertz CT molecular complexity index is 714. The minimum atomic E-state index is 0.0999. The van der Waals surface area contributed by atoms with Crippen molar-refractivity contribution in [1.82, 2.24) is 4.90 Å². The minimum absolute atomic E-state index is 0.0999. The third kappa shape index (κ3) is 2.89. The van der Waals surface area contributed by atoms with Gasteiger partial charge in [-0.05, 0) is 61.1 Å². The standard InChI is InChI=1S/C20H22N2O2/c21-19-11-8-15-12-22(13-18(15)19)20(23)14-6-9-17(10-7-14)24-16-4-2-1-3-5-16/h1-7,9-10,15,18-19H,8,11-13,21H2. The van der Waals surface area contributed by atoms with Crippen molar-refractivity contribution >= 4 is 5.91 Å². The van der Waals surface area contributed by atoms with Crippen molar-refractivity contribution in [3.05, 3.63) is 60.2 Å². The monoisotopic (exact) mass is 322 g/mol. The average molecular weight is 322 g/mol. The van der Waals surface area contributed by atoms with E-state index < -0.39 is 0 Å². The summed E-state index contributed by atoms with van der Waals surface area (Å²) in [4.78, 5) is 14.7. The molecule has 3 unspecified atom stereocenters. The molecular formula is C20H22N2O2. The first-order valence-corrected chi connectivity index (χ1v) is 8.58. The van der Waals surface area contributed by atoms with Crippen LogP contribution in [0, 0.1) is 11.8 Å². The molecule has 4 rings (SSSR count). The predicted molar refractivity (Wildman–Crippen MR) is 93.1 cm³/mol. The SMILES string of the molecule is NC1CCC2CN(C(=O)c3ccc(Oc4ccccc4)cc3)CC12. The molecule has 4 heteroatoms. The van der Waals surface area contributed by atoms with E-state index in [0.29, 0.717) is 17.4 Å². The summed E-state index contributed by atoms with van der Waals surface area (Å²) in [5, 5.41) is 0. The molecule has 0 radical (unpaired) electrons. The fourth-order valence-electron chi connectivity index (χ4n) is 3.95. The Morgan fingerprint density at radius 1 is 0.958 bits per heavy atom. The van der Waals surface area contributed by atoms with Gasteiger partial charge in [0, 0.05) is 24.7 Å².